The molecule has 0 saturated heterocycles. The second kappa shape index (κ2) is 10.5. The Kier molecular flexibility index (Phi) is 9.78. The lowest BCUT2D eigenvalue weighted by Crippen LogP contribution is -2.06. The minimum Gasteiger partial charge on any atom is -0.462 e. The lowest BCUT2D eigenvalue weighted by atomic mass is 10.2. The Morgan fingerprint density at radius 3 is 2.50 bits per heavy atom. The Morgan fingerprint density at radius 1 is 1.19 bits per heavy atom. The van der Waals surface area contributed by atoms with E-state index in [0.29, 0.717) is 12.2 Å². The van der Waals surface area contributed by atoms with Crippen molar-refractivity contribution in [2.45, 2.75) is 52.9 Å². The fourth-order valence-corrected chi connectivity index (χ4v) is 1.20. The van der Waals surface area contributed by atoms with Crippen LogP contribution in [0.15, 0.2) is 23.8 Å². The summed E-state index contributed by atoms with van der Waals surface area (Å²) in [6, 6.07) is 0. The standard InChI is InChI=1S/C14H24O2/c1-4-6-7-8-9-10-11-12-16-14(15)13(3)5-2/h5,9-10H,4,6-8,11-12H2,1-3H3/b10-9+,13-5+. The van der Waals surface area contributed by atoms with Crippen LogP contribution in [-0.4, -0.2) is 12.6 Å². The van der Waals surface area contributed by atoms with Gasteiger partial charge in [0.25, 0.3) is 0 Å². The summed E-state index contributed by atoms with van der Waals surface area (Å²) in [6.45, 7) is 6.29. The summed E-state index contributed by atoms with van der Waals surface area (Å²) in [7, 11) is 0. The Balaban J connectivity index is 3.42. The molecule has 0 aromatic heterocycles. The van der Waals surface area contributed by atoms with Crippen LogP contribution in [0.4, 0.5) is 0 Å². The zero-order chi connectivity index (χ0) is 12.2. The smallest absolute Gasteiger partial charge is 0.333 e. The minimum absolute atomic E-state index is 0.207. The predicted molar refractivity (Wildman–Crippen MR) is 68.3 cm³/mol. The summed E-state index contributed by atoms with van der Waals surface area (Å²) in [5, 5.41) is 0. The van der Waals surface area contributed by atoms with Crippen molar-refractivity contribution in [1.82, 2.24) is 0 Å². The molecule has 2 heteroatoms. The fraction of sp³-hybridized carbons (Fsp3) is 0.643. The number of carbonyl (C=O) groups excluding carboxylic acids is 1. The summed E-state index contributed by atoms with van der Waals surface area (Å²) in [5.41, 5.74) is 0.673. The number of ether oxygens (including phenoxy) is 1. The van der Waals surface area contributed by atoms with Crippen LogP contribution in [-0.2, 0) is 9.53 Å². The molecule has 0 heterocycles. The van der Waals surface area contributed by atoms with Crippen LogP contribution in [0.2, 0.25) is 0 Å². The van der Waals surface area contributed by atoms with E-state index >= 15 is 0 Å². The number of allylic oxidation sites excluding steroid dienone is 2. The van der Waals surface area contributed by atoms with Gasteiger partial charge >= 0.3 is 5.97 Å². The van der Waals surface area contributed by atoms with E-state index in [2.05, 4.69) is 19.1 Å². The molecule has 0 fully saturated rings. The Morgan fingerprint density at radius 2 is 1.88 bits per heavy atom. The zero-order valence-electron chi connectivity index (χ0n) is 10.8. The average molecular weight is 224 g/mol. The summed E-state index contributed by atoms with van der Waals surface area (Å²) >= 11 is 0. The molecule has 0 radical (unpaired) electrons. The van der Waals surface area contributed by atoms with Crippen molar-refractivity contribution in [2.75, 3.05) is 6.61 Å². The first kappa shape index (κ1) is 14.9. The van der Waals surface area contributed by atoms with Crippen LogP contribution in [0.5, 0.6) is 0 Å². The van der Waals surface area contributed by atoms with E-state index in [1.165, 1.54) is 19.3 Å². The van der Waals surface area contributed by atoms with Gasteiger partial charge in [-0.05, 0) is 33.1 Å². The highest BCUT2D eigenvalue weighted by atomic mass is 16.5. The zero-order valence-corrected chi connectivity index (χ0v) is 10.8. The Hall–Kier alpha value is -1.05. The lowest BCUT2D eigenvalue weighted by molar-refractivity contribution is -0.138. The molecule has 0 bridgehead atoms. The van der Waals surface area contributed by atoms with Crippen molar-refractivity contribution < 1.29 is 9.53 Å². The van der Waals surface area contributed by atoms with Crippen molar-refractivity contribution in [3.05, 3.63) is 23.8 Å². The third kappa shape index (κ3) is 8.27. The number of hydrogen-bond donors (Lipinski definition) is 0. The highest BCUT2D eigenvalue weighted by Gasteiger charge is 2.02. The molecule has 0 aliphatic rings. The maximum Gasteiger partial charge on any atom is 0.333 e. The molecule has 92 valence electrons. The molecule has 0 aromatic carbocycles. The molecule has 0 aliphatic carbocycles. The van der Waals surface area contributed by atoms with Crippen molar-refractivity contribution >= 4 is 5.97 Å². The first-order chi connectivity index (χ1) is 7.72. The molecule has 0 saturated carbocycles. The number of hydrogen-bond acceptors (Lipinski definition) is 2. The number of esters is 1. The fourth-order valence-electron chi connectivity index (χ4n) is 1.20. The first-order valence-corrected chi connectivity index (χ1v) is 6.17. The normalized spacial score (nSPS) is 12.1. The van der Waals surface area contributed by atoms with Gasteiger partial charge in [-0.1, -0.05) is 38.0 Å². The molecule has 0 amide bonds. The third-order valence-electron chi connectivity index (χ3n) is 2.41. The maximum atomic E-state index is 11.2. The van der Waals surface area contributed by atoms with Crippen LogP contribution in [0.3, 0.4) is 0 Å². The highest BCUT2D eigenvalue weighted by Crippen LogP contribution is 2.01. The summed E-state index contributed by atoms with van der Waals surface area (Å²) in [4.78, 5) is 11.2. The molecule has 2 nitrogen and oxygen atoms in total. The lowest BCUT2D eigenvalue weighted by Gasteiger charge is -2.01. The van der Waals surface area contributed by atoms with Crippen molar-refractivity contribution in [2.24, 2.45) is 0 Å². The van der Waals surface area contributed by atoms with Crippen LogP contribution in [0, 0.1) is 0 Å². The number of rotatable bonds is 8. The average Bonchev–Trinajstić information content (AvgIpc) is 2.31. The van der Waals surface area contributed by atoms with Gasteiger partial charge in [-0.25, -0.2) is 4.79 Å². The van der Waals surface area contributed by atoms with Crippen LogP contribution in [0.25, 0.3) is 0 Å². The van der Waals surface area contributed by atoms with Crippen molar-refractivity contribution in [3.63, 3.8) is 0 Å². The molecule has 0 aromatic rings. The Bertz CT molecular complexity index is 239. The molecular formula is C14H24O2. The molecule has 0 rings (SSSR count). The van der Waals surface area contributed by atoms with Gasteiger partial charge in [0.2, 0.25) is 0 Å². The molecule has 16 heavy (non-hydrogen) atoms. The highest BCUT2D eigenvalue weighted by molar-refractivity contribution is 5.87. The molecular weight excluding hydrogens is 200 g/mol. The van der Waals surface area contributed by atoms with E-state index in [1.54, 1.807) is 13.0 Å². The van der Waals surface area contributed by atoms with Gasteiger partial charge in [0.15, 0.2) is 0 Å². The summed E-state index contributed by atoms with van der Waals surface area (Å²) in [5.74, 6) is -0.207. The van der Waals surface area contributed by atoms with E-state index in [1.807, 2.05) is 6.92 Å². The van der Waals surface area contributed by atoms with E-state index in [0.717, 1.165) is 12.8 Å². The number of carbonyl (C=O) groups is 1. The van der Waals surface area contributed by atoms with Crippen LogP contribution >= 0.6 is 0 Å². The minimum atomic E-state index is -0.207. The predicted octanol–water partition coefficient (Wildman–Crippen LogP) is 4.02. The third-order valence-corrected chi connectivity index (χ3v) is 2.41. The van der Waals surface area contributed by atoms with Gasteiger partial charge < -0.3 is 4.74 Å². The van der Waals surface area contributed by atoms with Crippen molar-refractivity contribution in [3.8, 4) is 0 Å². The number of unbranched alkanes of at least 4 members (excludes halogenated alkanes) is 3. The maximum absolute atomic E-state index is 11.2. The van der Waals surface area contributed by atoms with Gasteiger partial charge in [0, 0.05) is 5.57 Å². The van der Waals surface area contributed by atoms with E-state index in [-0.39, 0.29) is 5.97 Å². The quantitative estimate of drug-likeness (QED) is 0.269. The molecule has 0 spiro atoms. The van der Waals surface area contributed by atoms with Gasteiger partial charge in [0.1, 0.15) is 0 Å². The molecule has 0 N–H and O–H groups in total. The second-order valence-electron chi connectivity index (χ2n) is 3.86. The molecule has 0 aliphatic heterocycles. The summed E-state index contributed by atoms with van der Waals surface area (Å²) in [6.07, 6.45) is 11.8. The van der Waals surface area contributed by atoms with Crippen LogP contribution < -0.4 is 0 Å². The SMILES string of the molecule is C/C=C(\C)C(=O)OCC/C=C/CCCCC. The molecule has 0 unspecified atom stereocenters. The largest absolute Gasteiger partial charge is 0.462 e. The van der Waals surface area contributed by atoms with E-state index in [4.69, 9.17) is 4.74 Å². The first-order valence-electron chi connectivity index (χ1n) is 6.17. The van der Waals surface area contributed by atoms with Gasteiger partial charge in [-0.3, -0.25) is 0 Å². The van der Waals surface area contributed by atoms with Gasteiger partial charge in [-0.2, -0.15) is 0 Å². The molecule has 0 atom stereocenters. The monoisotopic (exact) mass is 224 g/mol. The summed E-state index contributed by atoms with van der Waals surface area (Å²) < 4.78 is 5.06. The van der Waals surface area contributed by atoms with Gasteiger partial charge in [-0.15, -0.1) is 0 Å². The van der Waals surface area contributed by atoms with Crippen molar-refractivity contribution in [1.29, 1.82) is 0 Å². The van der Waals surface area contributed by atoms with E-state index < -0.39 is 0 Å². The Labute approximate surface area is 99.4 Å². The second-order valence-corrected chi connectivity index (χ2v) is 3.86. The van der Waals surface area contributed by atoms with Crippen LogP contribution in [0.1, 0.15) is 52.9 Å². The topological polar surface area (TPSA) is 26.3 Å². The van der Waals surface area contributed by atoms with E-state index in [9.17, 15) is 4.79 Å². The van der Waals surface area contributed by atoms with Gasteiger partial charge in [0.05, 0.1) is 6.61 Å².